The normalized spacial score (nSPS) is 17.7. The summed E-state index contributed by atoms with van der Waals surface area (Å²) in [5.74, 6) is -4.39. The van der Waals surface area contributed by atoms with E-state index in [2.05, 4.69) is 51.8 Å². The Morgan fingerprint density at radius 2 is 0.821 bits per heavy atom. The van der Waals surface area contributed by atoms with Crippen molar-refractivity contribution in [2.24, 2.45) is 0 Å². The minimum Gasteiger partial charge on any atom is -0.495 e. The molecule has 95 heavy (non-hydrogen) atoms. The lowest BCUT2D eigenvalue weighted by atomic mass is 9.95. The second-order valence-corrected chi connectivity index (χ2v) is 28.1. The van der Waals surface area contributed by atoms with Crippen molar-refractivity contribution < 1.29 is 86.3 Å². The van der Waals surface area contributed by atoms with Gasteiger partial charge in [0.2, 0.25) is 11.8 Å². The number of unbranched alkanes of at least 4 members (excludes halogenated alkanes) is 34. The lowest BCUT2D eigenvalue weighted by Gasteiger charge is -2.45. The van der Waals surface area contributed by atoms with E-state index in [4.69, 9.17) is 32.9 Å². The van der Waals surface area contributed by atoms with Crippen molar-refractivity contribution in [1.29, 1.82) is 0 Å². The van der Waals surface area contributed by atoms with Gasteiger partial charge in [-0.2, -0.15) is 0 Å². The van der Waals surface area contributed by atoms with Crippen LogP contribution in [0, 0.1) is 0 Å². The van der Waals surface area contributed by atoms with Crippen LogP contribution in [0.15, 0.2) is 12.3 Å². The van der Waals surface area contributed by atoms with Crippen LogP contribution in [0.2, 0.25) is 0 Å². The highest BCUT2D eigenvalue weighted by Gasteiger charge is 2.52. The molecule has 0 aliphatic carbocycles. The first kappa shape index (κ1) is 89.4. The fourth-order valence-electron chi connectivity index (χ4n) is 12.2. The summed E-state index contributed by atoms with van der Waals surface area (Å²) in [6, 6.07) is -3.50. The molecule has 21 heteroatoms. The average Bonchev–Trinajstić information content (AvgIpc) is 0.783. The van der Waals surface area contributed by atoms with E-state index in [0.717, 1.165) is 180 Å². The van der Waals surface area contributed by atoms with Crippen LogP contribution >= 0.6 is 7.82 Å². The summed E-state index contributed by atoms with van der Waals surface area (Å²) in [6.45, 7) is 15.1. The number of aliphatic hydroxyl groups excluding tert-OH is 1. The number of rotatable bonds is 66. The van der Waals surface area contributed by atoms with Gasteiger partial charge in [0.15, 0.2) is 18.4 Å². The van der Waals surface area contributed by atoms with E-state index in [1.807, 2.05) is 6.92 Å². The first-order valence-corrected chi connectivity index (χ1v) is 39.7. The van der Waals surface area contributed by atoms with Crippen LogP contribution in [-0.4, -0.2) is 124 Å². The number of esters is 3. The number of ether oxygens (including phenoxy) is 6. The van der Waals surface area contributed by atoms with Crippen LogP contribution in [-0.2, 0) is 66.3 Å². The zero-order valence-corrected chi connectivity index (χ0v) is 61.3. The summed E-state index contributed by atoms with van der Waals surface area (Å²) in [5, 5.41) is 26.8. The van der Waals surface area contributed by atoms with Crippen molar-refractivity contribution in [2.75, 3.05) is 13.2 Å². The summed E-state index contributed by atoms with van der Waals surface area (Å²) in [6.07, 6.45) is 31.2. The van der Waals surface area contributed by atoms with Crippen molar-refractivity contribution in [2.45, 2.75) is 411 Å². The third-order valence-corrected chi connectivity index (χ3v) is 18.3. The Morgan fingerprint density at radius 1 is 0.463 bits per heavy atom. The number of phosphoric ester groups is 1. The molecule has 0 spiro atoms. The van der Waals surface area contributed by atoms with Gasteiger partial charge in [-0.25, -0.2) is 9.36 Å². The second-order valence-electron chi connectivity index (χ2n) is 26.9. The number of allylic oxidation sites excluding steroid dienone is 1. The Kier molecular flexibility index (Phi) is 55.7. The van der Waals surface area contributed by atoms with Crippen LogP contribution in [0.3, 0.4) is 0 Å². The zero-order valence-electron chi connectivity index (χ0n) is 60.4. The lowest BCUT2D eigenvalue weighted by molar-refractivity contribution is -0.272. The molecule has 2 unspecified atom stereocenters. The third kappa shape index (κ3) is 48.7. The van der Waals surface area contributed by atoms with Gasteiger partial charge in [-0.1, -0.05) is 266 Å². The SMILES string of the molecule is C=C(CCCCC)O[C@H](CCCCCCCCCCC)CC(=O)N[C@@H](CO[C@@H]1OC(CO)[C@H](OP(=O)(O)O)[C@H](OC(=O)C[C@@H](CCCCCCCCCCC)OC(=O)CCCCC)C1NC(=O)C[C@@H](CCCCCCCCCCC)OC(=O)CCCCCCCCC)C(=O)O. The van der Waals surface area contributed by atoms with Gasteiger partial charge in [0, 0.05) is 19.3 Å². The van der Waals surface area contributed by atoms with Gasteiger partial charge in [0.25, 0.3) is 0 Å². The first-order valence-electron chi connectivity index (χ1n) is 38.2. The van der Waals surface area contributed by atoms with Crippen molar-refractivity contribution >= 4 is 43.5 Å². The molecular formula is C74H137N2O18P. The molecule has 20 nitrogen and oxygen atoms in total. The Bertz CT molecular complexity index is 2030. The molecule has 0 radical (unpaired) electrons. The van der Waals surface area contributed by atoms with Crippen LogP contribution in [0.5, 0.6) is 0 Å². The van der Waals surface area contributed by atoms with Crippen LogP contribution in [0.4, 0.5) is 0 Å². The van der Waals surface area contributed by atoms with Gasteiger partial charge in [0.1, 0.15) is 36.6 Å². The van der Waals surface area contributed by atoms with E-state index >= 15 is 0 Å². The predicted molar refractivity (Wildman–Crippen MR) is 374 cm³/mol. The standard InChI is InChI=1S/C74H137N2O18P/c1-8-14-20-24-28-31-35-38-44-49-60(89-59(7)48-42-18-12-5)54-65(78)75-63(73(83)84)58-88-74-70(76-66(79)55-61(50-45-39-36-32-29-25-21-15-9-2)90-68(81)53-47-41-34-27-23-17-11-4)72(71(64(57-77)92-74)94-95(85,86)87)93-69(82)56-62(91-67(80)52-43-19-13-6)51-46-40-37-33-30-26-22-16-10-3/h60-64,70-72,74,77H,7-58H2,1-6H3,(H,75,78)(H,76,79)(H,83,84)(H2,85,86,87)/t60-,61-,62-,63+,64?,70?,71+,72-,74-/m1/s1. The molecule has 1 fully saturated rings. The number of carboxylic acid groups (broad SMARTS) is 1. The second kappa shape index (κ2) is 59.2. The van der Waals surface area contributed by atoms with Crippen molar-refractivity contribution in [3.05, 3.63) is 12.3 Å². The van der Waals surface area contributed by atoms with Crippen molar-refractivity contribution in [1.82, 2.24) is 10.6 Å². The highest BCUT2D eigenvalue weighted by Crippen LogP contribution is 2.42. The number of aliphatic carboxylic acids is 1. The van der Waals surface area contributed by atoms with E-state index in [-0.39, 0.29) is 19.3 Å². The van der Waals surface area contributed by atoms with Crippen molar-refractivity contribution in [3.63, 3.8) is 0 Å². The fraction of sp³-hybridized carbons (Fsp3) is 0.892. The van der Waals surface area contributed by atoms with Gasteiger partial charge >= 0.3 is 31.7 Å². The summed E-state index contributed by atoms with van der Waals surface area (Å²) in [7, 11) is -5.54. The van der Waals surface area contributed by atoms with Crippen LogP contribution in [0.1, 0.15) is 356 Å². The molecule has 1 aliphatic heterocycles. The number of carbonyl (C=O) groups excluding carboxylic acids is 5. The van der Waals surface area contributed by atoms with Gasteiger partial charge < -0.3 is 59.1 Å². The van der Waals surface area contributed by atoms with Gasteiger partial charge in [-0.3, -0.25) is 28.5 Å². The fourth-order valence-corrected chi connectivity index (χ4v) is 12.8. The molecular weight excluding hydrogens is 1240 g/mol. The first-order chi connectivity index (χ1) is 45.8. The van der Waals surface area contributed by atoms with Gasteiger partial charge in [0.05, 0.1) is 38.2 Å². The monoisotopic (exact) mass is 1370 g/mol. The lowest BCUT2D eigenvalue weighted by Crippen LogP contribution is -2.66. The van der Waals surface area contributed by atoms with Crippen LogP contribution < -0.4 is 10.6 Å². The van der Waals surface area contributed by atoms with Crippen LogP contribution in [0.25, 0.3) is 0 Å². The molecule has 0 aromatic carbocycles. The Balaban J connectivity index is 3.81. The Labute approximate surface area is 574 Å². The quantitative estimate of drug-likeness (QED) is 0.0108. The molecule has 0 saturated carbocycles. The molecule has 1 saturated heterocycles. The highest BCUT2D eigenvalue weighted by molar-refractivity contribution is 7.46. The molecule has 1 aliphatic rings. The van der Waals surface area contributed by atoms with E-state index < -0.39 is 125 Å². The molecule has 6 N–H and O–H groups in total. The Hall–Kier alpha value is -3.65. The summed E-state index contributed by atoms with van der Waals surface area (Å²) in [5.41, 5.74) is 0. The van der Waals surface area contributed by atoms with Gasteiger partial charge in [-0.15, -0.1) is 0 Å². The van der Waals surface area contributed by atoms with E-state index in [1.165, 1.54) is 51.4 Å². The molecule has 1 rings (SSSR count). The maximum atomic E-state index is 14.7. The molecule has 2 amide bonds. The smallest absolute Gasteiger partial charge is 0.470 e. The average molecular weight is 1370 g/mol. The summed E-state index contributed by atoms with van der Waals surface area (Å²) >= 11 is 0. The number of amides is 2. The molecule has 1 heterocycles. The van der Waals surface area contributed by atoms with E-state index in [0.29, 0.717) is 57.1 Å². The van der Waals surface area contributed by atoms with Gasteiger partial charge in [-0.05, 0) is 57.8 Å². The minimum atomic E-state index is -5.54. The molecule has 9 atom stereocenters. The highest BCUT2D eigenvalue weighted by atomic mass is 31.2. The van der Waals surface area contributed by atoms with E-state index in [9.17, 15) is 53.3 Å². The maximum Gasteiger partial charge on any atom is 0.470 e. The largest absolute Gasteiger partial charge is 0.495 e. The number of carbonyl (C=O) groups is 6. The minimum absolute atomic E-state index is 0.121. The molecule has 556 valence electrons. The summed E-state index contributed by atoms with van der Waals surface area (Å²) in [4.78, 5) is 104. The Morgan fingerprint density at radius 3 is 1.23 bits per heavy atom. The molecule has 0 bridgehead atoms. The molecule has 0 aromatic heterocycles. The topological polar surface area (TPSA) is 289 Å². The number of carboxylic acids is 1. The number of phosphoric acid groups is 1. The number of hydrogen-bond donors (Lipinski definition) is 6. The maximum absolute atomic E-state index is 14.7. The zero-order chi connectivity index (χ0) is 70.2. The third-order valence-electron chi connectivity index (χ3n) is 17.8. The number of aliphatic hydroxyl groups is 1. The predicted octanol–water partition coefficient (Wildman–Crippen LogP) is 17.1. The molecule has 0 aromatic rings. The number of nitrogens with one attached hydrogen (secondary N) is 2. The van der Waals surface area contributed by atoms with Crippen molar-refractivity contribution in [3.8, 4) is 0 Å². The number of hydrogen-bond acceptors (Lipinski definition) is 15. The van der Waals surface area contributed by atoms with E-state index in [1.54, 1.807) is 0 Å². The summed E-state index contributed by atoms with van der Waals surface area (Å²) < 4.78 is 54.9.